The maximum atomic E-state index is 13.7. The van der Waals surface area contributed by atoms with Crippen LogP contribution in [0.15, 0.2) is 48.5 Å². The Bertz CT molecular complexity index is 1260. The molecule has 0 saturated heterocycles. The Morgan fingerprint density at radius 3 is 2.50 bits per heavy atom. The molecule has 2 aromatic carbocycles. The molecule has 2 aliphatic rings. The SMILES string of the molecule is Cc1cc(Nc2cc(OCCCNC3(C)CC4CC(C)CC(C4)C3)cc(C(F)(F)F)c2)c2ccccc2n1. The van der Waals surface area contributed by atoms with Gasteiger partial charge in [0, 0.05) is 34.1 Å². The smallest absolute Gasteiger partial charge is 0.416 e. The Kier molecular flexibility index (Phi) is 7.58. The van der Waals surface area contributed by atoms with E-state index in [9.17, 15) is 13.2 Å². The van der Waals surface area contributed by atoms with Crippen LogP contribution in [0, 0.1) is 24.7 Å². The van der Waals surface area contributed by atoms with Crippen LogP contribution in [0.4, 0.5) is 24.5 Å². The fourth-order valence-corrected chi connectivity index (χ4v) is 6.87. The highest BCUT2D eigenvalue weighted by atomic mass is 19.4. The van der Waals surface area contributed by atoms with E-state index >= 15 is 0 Å². The van der Waals surface area contributed by atoms with Gasteiger partial charge < -0.3 is 15.4 Å². The lowest BCUT2D eigenvalue weighted by atomic mass is 9.62. The zero-order chi connectivity index (χ0) is 26.9. The van der Waals surface area contributed by atoms with Gasteiger partial charge in [0.15, 0.2) is 0 Å². The number of nitrogens with one attached hydrogen (secondary N) is 2. The van der Waals surface area contributed by atoms with Crippen LogP contribution < -0.4 is 15.4 Å². The lowest BCUT2D eigenvalue weighted by molar-refractivity contribution is -0.137. The number of aromatic nitrogens is 1. The van der Waals surface area contributed by atoms with Crippen LogP contribution in [0.5, 0.6) is 5.75 Å². The zero-order valence-corrected chi connectivity index (χ0v) is 22.5. The summed E-state index contributed by atoms with van der Waals surface area (Å²) in [6, 6.07) is 13.3. The molecule has 3 aromatic rings. The summed E-state index contributed by atoms with van der Waals surface area (Å²) >= 11 is 0. The van der Waals surface area contributed by atoms with Crippen molar-refractivity contribution in [2.45, 2.75) is 71.0 Å². The fourth-order valence-electron chi connectivity index (χ4n) is 6.87. The molecular weight excluding hydrogens is 487 g/mol. The van der Waals surface area contributed by atoms with Gasteiger partial charge in [-0.3, -0.25) is 4.98 Å². The second-order valence-electron chi connectivity index (χ2n) is 11.8. The molecule has 38 heavy (non-hydrogen) atoms. The molecule has 0 spiro atoms. The van der Waals surface area contributed by atoms with Gasteiger partial charge >= 0.3 is 6.18 Å². The van der Waals surface area contributed by atoms with Crippen molar-refractivity contribution < 1.29 is 17.9 Å². The van der Waals surface area contributed by atoms with Gasteiger partial charge in [-0.1, -0.05) is 25.1 Å². The van der Waals surface area contributed by atoms with Gasteiger partial charge in [-0.05, 0) is 101 Å². The van der Waals surface area contributed by atoms with Gasteiger partial charge in [-0.15, -0.1) is 0 Å². The van der Waals surface area contributed by atoms with Crippen LogP contribution in [0.25, 0.3) is 10.9 Å². The summed E-state index contributed by atoms with van der Waals surface area (Å²) in [5.74, 6) is 2.67. The minimum atomic E-state index is -4.47. The number of hydrogen-bond acceptors (Lipinski definition) is 4. The van der Waals surface area contributed by atoms with Gasteiger partial charge in [-0.2, -0.15) is 13.2 Å². The molecule has 2 unspecified atom stereocenters. The molecule has 2 atom stereocenters. The minimum absolute atomic E-state index is 0.145. The third-order valence-corrected chi connectivity index (χ3v) is 8.12. The molecule has 1 aromatic heterocycles. The van der Waals surface area contributed by atoms with Gasteiger partial charge in [0.05, 0.1) is 17.7 Å². The van der Waals surface area contributed by atoms with Crippen molar-refractivity contribution in [1.82, 2.24) is 10.3 Å². The molecule has 4 nitrogen and oxygen atoms in total. The Labute approximate surface area is 223 Å². The molecule has 5 rings (SSSR count). The minimum Gasteiger partial charge on any atom is -0.493 e. The number of anilines is 2. The molecule has 7 heteroatoms. The predicted molar refractivity (Wildman–Crippen MR) is 147 cm³/mol. The summed E-state index contributed by atoms with van der Waals surface area (Å²) in [7, 11) is 0. The standard InChI is InChI=1S/C31H38F3N3O/c1-20-11-22-14-23(12-20)19-30(3,18-22)35-9-6-10-38-26-16-24(31(32,33)34)15-25(17-26)37-29-13-21(2)36-28-8-5-4-7-27(28)29/h4-5,7-8,13,15-17,20,22-23,35H,6,9-12,14,18-19H2,1-3H3,(H,36,37). The Balaban J connectivity index is 1.23. The third kappa shape index (κ3) is 6.42. The fraction of sp³-hybridized carbons (Fsp3) is 0.516. The molecular formula is C31H38F3N3O. The monoisotopic (exact) mass is 525 g/mol. The summed E-state index contributed by atoms with van der Waals surface area (Å²) in [4.78, 5) is 4.52. The van der Waals surface area contributed by atoms with Crippen molar-refractivity contribution in [3.05, 3.63) is 59.8 Å². The van der Waals surface area contributed by atoms with Crippen LogP contribution in [0.1, 0.15) is 63.6 Å². The van der Waals surface area contributed by atoms with Crippen molar-refractivity contribution in [3.8, 4) is 5.75 Å². The van der Waals surface area contributed by atoms with Crippen molar-refractivity contribution >= 4 is 22.3 Å². The number of benzene rings is 2. The number of rotatable bonds is 8. The number of ether oxygens (including phenoxy) is 1. The lowest BCUT2D eigenvalue weighted by Crippen LogP contribution is -2.50. The van der Waals surface area contributed by atoms with E-state index in [1.807, 2.05) is 37.3 Å². The highest BCUT2D eigenvalue weighted by molar-refractivity contribution is 5.93. The molecule has 0 aliphatic heterocycles. The van der Waals surface area contributed by atoms with Crippen LogP contribution in [-0.4, -0.2) is 23.7 Å². The quantitative estimate of drug-likeness (QED) is 0.291. The third-order valence-electron chi connectivity index (χ3n) is 8.12. The Hall–Kier alpha value is -2.80. The first kappa shape index (κ1) is 26.8. The molecule has 0 radical (unpaired) electrons. The van der Waals surface area contributed by atoms with Crippen LogP contribution in [0.3, 0.4) is 0 Å². The van der Waals surface area contributed by atoms with E-state index in [2.05, 4.69) is 29.5 Å². The topological polar surface area (TPSA) is 46.2 Å². The van der Waals surface area contributed by atoms with Gasteiger partial charge in [-0.25, -0.2) is 0 Å². The maximum Gasteiger partial charge on any atom is 0.416 e. The summed E-state index contributed by atoms with van der Waals surface area (Å²) < 4.78 is 47.0. The number of pyridine rings is 1. The predicted octanol–water partition coefficient (Wildman–Crippen LogP) is 8.27. The van der Waals surface area contributed by atoms with Crippen molar-refractivity contribution in [3.63, 3.8) is 0 Å². The second-order valence-corrected chi connectivity index (χ2v) is 11.8. The lowest BCUT2D eigenvalue weighted by Gasteiger charge is -2.47. The van der Waals surface area contributed by atoms with E-state index in [-0.39, 0.29) is 11.3 Å². The van der Waals surface area contributed by atoms with E-state index in [0.717, 1.165) is 59.4 Å². The van der Waals surface area contributed by atoms with Gasteiger partial charge in [0.25, 0.3) is 0 Å². The second kappa shape index (κ2) is 10.8. The molecule has 1 heterocycles. The highest BCUT2D eigenvalue weighted by Crippen LogP contribution is 2.46. The van der Waals surface area contributed by atoms with Crippen LogP contribution in [-0.2, 0) is 6.18 Å². The molecule has 0 amide bonds. The molecule has 2 N–H and O–H groups in total. The van der Waals surface area contributed by atoms with Crippen LogP contribution >= 0.6 is 0 Å². The van der Waals surface area contributed by atoms with Gasteiger partial charge in [0.1, 0.15) is 5.75 Å². The average molecular weight is 526 g/mol. The first-order valence-electron chi connectivity index (χ1n) is 13.8. The molecule has 2 saturated carbocycles. The van der Waals surface area contributed by atoms with Crippen molar-refractivity contribution in [2.75, 3.05) is 18.5 Å². The van der Waals surface area contributed by atoms with E-state index in [1.165, 1.54) is 32.1 Å². The number of para-hydroxylation sites is 1. The van der Waals surface area contributed by atoms with Gasteiger partial charge in [0.2, 0.25) is 0 Å². The van der Waals surface area contributed by atoms with Crippen molar-refractivity contribution in [2.24, 2.45) is 17.8 Å². The number of fused-ring (bicyclic) bond motifs is 3. The molecule has 2 aliphatic carbocycles. The van der Waals surface area contributed by atoms with E-state index < -0.39 is 11.7 Å². The first-order valence-corrected chi connectivity index (χ1v) is 13.8. The van der Waals surface area contributed by atoms with E-state index in [4.69, 9.17) is 4.74 Å². The molecule has 2 bridgehead atoms. The number of aryl methyl sites for hydroxylation is 1. The number of alkyl halides is 3. The average Bonchev–Trinajstić information content (AvgIpc) is 2.82. The summed E-state index contributed by atoms with van der Waals surface area (Å²) in [6.07, 6.45) is 2.70. The maximum absolute atomic E-state index is 13.7. The molecule has 204 valence electrons. The van der Waals surface area contributed by atoms with Crippen LogP contribution in [0.2, 0.25) is 0 Å². The Morgan fingerprint density at radius 2 is 1.76 bits per heavy atom. The summed E-state index contributed by atoms with van der Waals surface area (Å²) in [5, 5.41) is 7.78. The zero-order valence-electron chi connectivity index (χ0n) is 22.5. The van der Waals surface area contributed by atoms with Crippen molar-refractivity contribution in [1.29, 1.82) is 0 Å². The highest BCUT2D eigenvalue weighted by Gasteiger charge is 2.40. The summed E-state index contributed by atoms with van der Waals surface area (Å²) in [5.41, 5.74) is 2.03. The van der Waals surface area contributed by atoms with E-state index in [1.54, 1.807) is 6.07 Å². The Morgan fingerprint density at radius 1 is 1.03 bits per heavy atom. The number of hydrogen-bond donors (Lipinski definition) is 2. The largest absolute Gasteiger partial charge is 0.493 e. The normalized spacial score (nSPS) is 25.4. The van der Waals surface area contributed by atoms with E-state index in [0.29, 0.717) is 18.0 Å². The number of halogens is 3. The molecule has 2 fully saturated rings. The first-order chi connectivity index (χ1) is 18.1. The summed E-state index contributed by atoms with van der Waals surface area (Å²) in [6.45, 7) is 7.72. The number of nitrogens with zero attached hydrogens (tertiary/aromatic N) is 1.